The second kappa shape index (κ2) is 2.33. The van der Waals surface area contributed by atoms with Crippen LogP contribution >= 0.6 is 0 Å². The van der Waals surface area contributed by atoms with Gasteiger partial charge >= 0.3 is 57.5 Å². The maximum atomic E-state index is 10.2. The Kier molecular flexibility index (Phi) is 1.69. The Morgan fingerprint density at radius 2 is 2.56 bits per heavy atom. The van der Waals surface area contributed by atoms with E-state index in [0.29, 0.717) is 4.57 Å². The van der Waals surface area contributed by atoms with E-state index in [9.17, 15) is 4.79 Å². The number of hydrogen-bond acceptors (Lipinski definition) is 2. The molecule has 0 saturated carbocycles. The second-order valence-corrected chi connectivity index (χ2v) is 3.40. The van der Waals surface area contributed by atoms with E-state index >= 15 is 0 Å². The third-order valence-electron chi connectivity index (χ3n) is 0.802. The van der Waals surface area contributed by atoms with E-state index in [4.69, 9.17) is 5.11 Å². The van der Waals surface area contributed by atoms with Crippen LogP contribution in [-0.2, 0) is 0 Å². The summed E-state index contributed by atoms with van der Waals surface area (Å²) in [5.74, 6) is -0.886. The zero-order chi connectivity index (χ0) is 6.85. The minimum atomic E-state index is -0.886. The van der Waals surface area contributed by atoms with Crippen molar-refractivity contribution in [2.45, 2.75) is 6.92 Å². The van der Waals surface area contributed by atoms with Gasteiger partial charge in [0.1, 0.15) is 0 Å². The summed E-state index contributed by atoms with van der Waals surface area (Å²) >= 11 is -0.0318. The molecule has 1 aromatic rings. The van der Waals surface area contributed by atoms with Crippen molar-refractivity contribution in [1.29, 1.82) is 0 Å². The number of carbonyl (C=O) groups is 1. The first-order valence-corrected chi connectivity index (χ1v) is 4.20. The van der Waals surface area contributed by atoms with Crippen LogP contribution in [0.15, 0.2) is 4.94 Å². The molecule has 0 saturated heterocycles. The average Bonchev–Trinajstić information content (AvgIpc) is 2.14. The van der Waals surface area contributed by atoms with Gasteiger partial charge in [-0.15, -0.1) is 0 Å². The van der Waals surface area contributed by atoms with Gasteiger partial charge in [0.15, 0.2) is 0 Å². The molecule has 0 spiro atoms. The van der Waals surface area contributed by atoms with Gasteiger partial charge in [-0.2, -0.15) is 0 Å². The third-order valence-corrected chi connectivity index (χ3v) is 2.79. The summed E-state index contributed by atoms with van der Waals surface area (Å²) in [4.78, 5) is 15.9. The van der Waals surface area contributed by atoms with Crippen LogP contribution in [0, 0.1) is 6.92 Å². The van der Waals surface area contributed by atoms with Crippen molar-refractivity contribution in [3.05, 3.63) is 15.2 Å². The fourth-order valence-corrected chi connectivity index (χ4v) is 1.78. The molecule has 0 bridgehead atoms. The van der Waals surface area contributed by atoms with Crippen molar-refractivity contribution in [2.75, 3.05) is 0 Å². The zero-order valence-corrected chi connectivity index (χ0v) is 6.50. The van der Waals surface area contributed by atoms with Gasteiger partial charge in [-0.05, 0) is 0 Å². The molecule has 0 fully saturated rings. The fourth-order valence-electron chi connectivity index (χ4n) is 0.452. The first kappa shape index (κ1) is 6.52. The molecule has 0 aliphatic rings. The molecule has 48 valence electrons. The molecule has 0 aliphatic heterocycles. The van der Waals surface area contributed by atoms with Gasteiger partial charge in [0.25, 0.3) is 0 Å². The van der Waals surface area contributed by atoms with Crippen molar-refractivity contribution in [1.82, 2.24) is 4.98 Å². The van der Waals surface area contributed by atoms with Gasteiger partial charge in [-0.3, -0.25) is 0 Å². The van der Waals surface area contributed by atoms with Crippen LogP contribution in [0.4, 0.5) is 0 Å². The average molecular weight is 190 g/mol. The molecule has 0 aromatic carbocycles. The summed E-state index contributed by atoms with van der Waals surface area (Å²) in [5.41, 5.74) is 0.826. The molecule has 1 N–H and O–H groups in total. The van der Waals surface area contributed by atoms with E-state index in [0.717, 1.165) is 5.69 Å². The summed E-state index contributed by atoms with van der Waals surface area (Å²) in [5, 5.41) is 8.38. The number of aryl methyl sites for hydroxylation is 1. The van der Waals surface area contributed by atoms with Gasteiger partial charge < -0.3 is 0 Å². The number of rotatable bonds is 1. The Labute approximate surface area is 58.1 Å². The third kappa shape index (κ3) is 1.40. The summed E-state index contributed by atoms with van der Waals surface area (Å²) in [6.45, 7) is 1.80. The van der Waals surface area contributed by atoms with Crippen molar-refractivity contribution in [2.24, 2.45) is 0 Å². The van der Waals surface area contributed by atoms with Crippen LogP contribution in [-0.4, -0.2) is 30.6 Å². The minimum absolute atomic E-state index is 0.0318. The molecule has 0 aliphatic carbocycles. The van der Waals surface area contributed by atoms with E-state index in [-0.39, 0.29) is 14.5 Å². The topological polar surface area (TPSA) is 50.2 Å². The first-order chi connectivity index (χ1) is 4.20. The molecular formula is C5H5NO2Se. The molecule has 4 heteroatoms. The van der Waals surface area contributed by atoms with Crippen molar-refractivity contribution >= 4 is 20.5 Å². The summed E-state index contributed by atoms with van der Waals surface area (Å²) in [6.07, 6.45) is 0. The summed E-state index contributed by atoms with van der Waals surface area (Å²) in [6, 6.07) is 0. The number of carboxylic acid groups (broad SMARTS) is 1. The maximum absolute atomic E-state index is 10.2. The molecule has 0 amide bonds. The molecule has 1 heterocycles. The van der Waals surface area contributed by atoms with Gasteiger partial charge in [0.2, 0.25) is 0 Å². The van der Waals surface area contributed by atoms with E-state index < -0.39 is 5.97 Å². The number of nitrogens with zero attached hydrogens (tertiary/aromatic N) is 1. The van der Waals surface area contributed by atoms with E-state index in [1.807, 2.05) is 4.94 Å². The Balaban J connectivity index is 2.98. The fraction of sp³-hybridized carbons (Fsp3) is 0.200. The van der Waals surface area contributed by atoms with E-state index in [2.05, 4.69) is 4.98 Å². The SMILES string of the molecule is Cc1c[se]c(C(=O)O)n1. The van der Waals surface area contributed by atoms with Crippen LogP contribution < -0.4 is 0 Å². The van der Waals surface area contributed by atoms with Crippen LogP contribution in [0.25, 0.3) is 0 Å². The monoisotopic (exact) mass is 191 g/mol. The van der Waals surface area contributed by atoms with Gasteiger partial charge in [0, 0.05) is 0 Å². The van der Waals surface area contributed by atoms with Gasteiger partial charge in [0.05, 0.1) is 0 Å². The van der Waals surface area contributed by atoms with Crippen LogP contribution in [0.5, 0.6) is 0 Å². The normalized spacial score (nSPS) is 9.44. The molecule has 3 nitrogen and oxygen atoms in total. The molecule has 1 rings (SSSR count). The van der Waals surface area contributed by atoms with Gasteiger partial charge in [-0.25, -0.2) is 0 Å². The van der Waals surface area contributed by atoms with Gasteiger partial charge in [-0.1, -0.05) is 0 Å². The predicted molar refractivity (Wildman–Crippen MR) is 32.9 cm³/mol. The van der Waals surface area contributed by atoms with Crippen molar-refractivity contribution in [3.63, 3.8) is 0 Å². The first-order valence-electron chi connectivity index (χ1n) is 2.35. The Hall–Kier alpha value is -0.601. The Morgan fingerprint density at radius 1 is 1.89 bits per heavy atom. The number of aromatic nitrogens is 1. The van der Waals surface area contributed by atoms with E-state index in [1.54, 1.807) is 6.92 Å². The molecular weight excluding hydrogens is 185 g/mol. The zero-order valence-electron chi connectivity index (χ0n) is 4.79. The summed E-state index contributed by atoms with van der Waals surface area (Å²) < 4.78 is 0.306. The Bertz CT molecular complexity index is 231. The number of carboxylic acids is 1. The molecule has 0 radical (unpaired) electrons. The van der Waals surface area contributed by atoms with Crippen LogP contribution in [0.1, 0.15) is 15.1 Å². The predicted octanol–water partition coefficient (Wildman–Crippen LogP) is 0.145. The van der Waals surface area contributed by atoms with Crippen molar-refractivity contribution in [3.8, 4) is 0 Å². The molecule has 9 heavy (non-hydrogen) atoms. The van der Waals surface area contributed by atoms with Crippen molar-refractivity contribution < 1.29 is 9.90 Å². The Morgan fingerprint density at radius 3 is 2.78 bits per heavy atom. The number of aromatic carboxylic acids is 1. The molecule has 1 aromatic heterocycles. The van der Waals surface area contributed by atoms with Crippen LogP contribution in [0.3, 0.4) is 0 Å². The molecule has 0 unspecified atom stereocenters. The van der Waals surface area contributed by atoms with Crippen LogP contribution in [0.2, 0.25) is 0 Å². The standard InChI is InChI=1S/C5H5NO2Se/c1-3-2-9-4(6-3)5(7)8/h2H,1H3,(H,7,8). The number of hydrogen-bond donors (Lipinski definition) is 1. The second-order valence-electron chi connectivity index (χ2n) is 1.60. The van der Waals surface area contributed by atoms with E-state index in [1.165, 1.54) is 0 Å². The quantitative estimate of drug-likeness (QED) is 0.641. The molecule has 0 atom stereocenters. The summed E-state index contributed by atoms with van der Waals surface area (Å²) in [7, 11) is 0.